The van der Waals surface area contributed by atoms with E-state index >= 15 is 0 Å². The van der Waals surface area contributed by atoms with Gasteiger partial charge in [-0.25, -0.2) is 4.98 Å². The maximum absolute atomic E-state index is 12.6. The zero-order valence-corrected chi connectivity index (χ0v) is 13.2. The van der Waals surface area contributed by atoms with Crippen molar-refractivity contribution in [2.75, 3.05) is 13.1 Å². The lowest BCUT2D eigenvalue weighted by Gasteiger charge is -2.30. The number of hydrogen-bond donors (Lipinski definition) is 1. The van der Waals surface area contributed by atoms with E-state index in [0.29, 0.717) is 5.91 Å². The SMILES string of the molecule is O=C(C1CC=CCC1)N1CC=C(c2c[nH]c3ncccc23)CC1. The van der Waals surface area contributed by atoms with Gasteiger partial charge in [0.25, 0.3) is 0 Å². The van der Waals surface area contributed by atoms with Crippen molar-refractivity contribution in [1.82, 2.24) is 14.9 Å². The first-order valence-electron chi connectivity index (χ1n) is 8.38. The monoisotopic (exact) mass is 307 g/mol. The summed E-state index contributed by atoms with van der Waals surface area (Å²) in [6.07, 6.45) is 14.2. The van der Waals surface area contributed by atoms with Crippen LogP contribution in [-0.4, -0.2) is 33.9 Å². The number of H-pyrrole nitrogens is 1. The van der Waals surface area contributed by atoms with Crippen LogP contribution in [0.1, 0.15) is 31.2 Å². The van der Waals surface area contributed by atoms with E-state index in [2.05, 4.69) is 34.3 Å². The first-order chi connectivity index (χ1) is 11.3. The van der Waals surface area contributed by atoms with Gasteiger partial charge in [0.05, 0.1) is 0 Å². The molecule has 0 spiro atoms. The average Bonchev–Trinajstić information content (AvgIpc) is 3.06. The van der Waals surface area contributed by atoms with Crippen LogP contribution >= 0.6 is 0 Å². The smallest absolute Gasteiger partial charge is 0.226 e. The molecule has 0 fully saturated rings. The van der Waals surface area contributed by atoms with Gasteiger partial charge in [0.2, 0.25) is 5.91 Å². The quantitative estimate of drug-likeness (QED) is 0.863. The fraction of sp³-hybridized carbons (Fsp3) is 0.368. The molecule has 2 aromatic rings. The molecular weight excluding hydrogens is 286 g/mol. The van der Waals surface area contributed by atoms with Gasteiger partial charge < -0.3 is 9.88 Å². The van der Waals surface area contributed by atoms with Crippen LogP contribution in [-0.2, 0) is 4.79 Å². The number of aromatic amines is 1. The lowest BCUT2D eigenvalue weighted by atomic mass is 9.92. The van der Waals surface area contributed by atoms with E-state index in [9.17, 15) is 4.79 Å². The van der Waals surface area contributed by atoms with Crippen LogP contribution in [0.2, 0.25) is 0 Å². The fourth-order valence-corrected chi connectivity index (χ4v) is 3.61. The van der Waals surface area contributed by atoms with E-state index in [4.69, 9.17) is 0 Å². The topological polar surface area (TPSA) is 49.0 Å². The van der Waals surface area contributed by atoms with Crippen molar-refractivity contribution in [1.29, 1.82) is 0 Å². The van der Waals surface area contributed by atoms with Crippen LogP contribution in [0.15, 0.2) is 42.8 Å². The van der Waals surface area contributed by atoms with Crippen LogP contribution in [0.4, 0.5) is 0 Å². The number of amides is 1. The molecule has 1 atom stereocenters. The number of carbonyl (C=O) groups excluding carboxylic acids is 1. The second kappa shape index (κ2) is 6.03. The van der Waals surface area contributed by atoms with Crippen molar-refractivity contribution in [2.24, 2.45) is 5.92 Å². The van der Waals surface area contributed by atoms with Gasteiger partial charge in [0.1, 0.15) is 5.65 Å². The van der Waals surface area contributed by atoms with Gasteiger partial charge in [0, 0.05) is 42.4 Å². The predicted molar refractivity (Wildman–Crippen MR) is 91.7 cm³/mol. The van der Waals surface area contributed by atoms with Crippen molar-refractivity contribution < 1.29 is 4.79 Å². The highest BCUT2D eigenvalue weighted by Gasteiger charge is 2.26. The molecule has 118 valence electrons. The Morgan fingerprint density at radius 2 is 2.30 bits per heavy atom. The standard InChI is InChI=1S/C19H21N3O/c23-19(15-5-2-1-3-6-15)22-11-8-14(9-12-22)17-13-21-18-16(17)7-4-10-20-18/h1-2,4,7-8,10,13,15H,3,5-6,9,11-12H2,(H,20,21). The van der Waals surface area contributed by atoms with Crippen molar-refractivity contribution in [3.05, 3.63) is 48.3 Å². The molecule has 4 rings (SSSR count). The Morgan fingerprint density at radius 1 is 1.35 bits per heavy atom. The highest BCUT2D eigenvalue weighted by atomic mass is 16.2. The normalized spacial score (nSPS) is 21.5. The molecule has 1 aliphatic carbocycles. The van der Waals surface area contributed by atoms with E-state index in [-0.39, 0.29) is 5.92 Å². The molecule has 0 radical (unpaired) electrons. The van der Waals surface area contributed by atoms with Gasteiger partial charge in [-0.3, -0.25) is 4.79 Å². The average molecular weight is 307 g/mol. The second-order valence-electron chi connectivity index (χ2n) is 6.35. The second-order valence-corrected chi connectivity index (χ2v) is 6.35. The van der Waals surface area contributed by atoms with Crippen molar-refractivity contribution in [3.63, 3.8) is 0 Å². The summed E-state index contributed by atoms with van der Waals surface area (Å²) in [5.41, 5.74) is 3.47. The van der Waals surface area contributed by atoms with Gasteiger partial charge in [-0.05, 0) is 43.4 Å². The molecule has 2 aliphatic rings. The first kappa shape index (κ1) is 14.2. The molecule has 4 nitrogen and oxygen atoms in total. The zero-order valence-electron chi connectivity index (χ0n) is 13.2. The summed E-state index contributed by atoms with van der Waals surface area (Å²) >= 11 is 0. The number of aromatic nitrogens is 2. The fourth-order valence-electron chi connectivity index (χ4n) is 3.61. The maximum Gasteiger partial charge on any atom is 0.226 e. The Kier molecular flexibility index (Phi) is 3.74. The third-order valence-corrected chi connectivity index (χ3v) is 4.94. The third-order valence-electron chi connectivity index (χ3n) is 4.94. The Morgan fingerprint density at radius 3 is 3.09 bits per heavy atom. The molecule has 1 N–H and O–H groups in total. The summed E-state index contributed by atoms with van der Waals surface area (Å²) in [4.78, 5) is 22.2. The van der Waals surface area contributed by atoms with Crippen LogP contribution in [0.5, 0.6) is 0 Å². The summed E-state index contributed by atoms with van der Waals surface area (Å²) in [7, 11) is 0. The molecule has 23 heavy (non-hydrogen) atoms. The summed E-state index contributed by atoms with van der Waals surface area (Å²) in [6, 6.07) is 4.07. The summed E-state index contributed by atoms with van der Waals surface area (Å²) in [5, 5.41) is 1.16. The molecule has 1 unspecified atom stereocenters. The first-order valence-corrected chi connectivity index (χ1v) is 8.38. The lowest BCUT2D eigenvalue weighted by Crippen LogP contribution is -2.39. The van der Waals surface area contributed by atoms with Gasteiger partial charge in [-0.1, -0.05) is 18.2 Å². The van der Waals surface area contributed by atoms with Gasteiger partial charge in [-0.2, -0.15) is 0 Å². The summed E-state index contributed by atoms with van der Waals surface area (Å²) in [5.74, 6) is 0.512. The molecule has 3 heterocycles. The van der Waals surface area contributed by atoms with Crippen LogP contribution in [0.3, 0.4) is 0 Å². The molecule has 2 aromatic heterocycles. The minimum absolute atomic E-state index is 0.187. The zero-order chi connectivity index (χ0) is 15.6. The molecule has 0 saturated carbocycles. The third kappa shape index (κ3) is 2.69. The van der Waals surface area contributed by atoms with Crippen molar-refractivity contribution in [3.8, 4) is 0 Å². The Hall–Kier alpha value is -2.36. The van der Waals surface area contributed by atoms with Crippen LogP contribution in [0.25, 0.3) is 16.6 Å². The Balaban J connectivity index is 1.50. The molecule has 1 amide bonds. The molecule has 0 saturated heterocycles. The number of fused-ring (bicyclic) bond motifs is 1. The van der Waals surface area contributed by atoms with E-state index in [0.717, 1.165) is 49.8 Å². The molecule has 4 heteroatoms. The van der Waals surface area contributed by atoms with E-state index in [1.807, 2.05) is 17.2 Å². The van der Waals surface area contributed by atoms with Gasteiger partial charge >= 0.3 is 0 Å². The van der Waals surface area contributed by atoms with Crippen molar-refractivity contribution in [2.45, 2.75) is 25.7 Å². The van der Waals surface area contributed by atoms with Crippen LogP contribution in [0, 0.1) is 5.92 Å². The highest BCUT2D eigenvalue weighted by Crippen LogP contribution is 2.29. The molecule has 0 bridgehead atoms. The van der Waals surface area contributed by atoms with E-state index < -0.39 is 0 Å². The molecule has 1 aliphatic heterocycles. The van der Waals surface area contributed by atoms with E-state index in [1.54, 1.807) is 6.20 Å². The van der Waals surface area contributed by atoms with E-state index in [1.165, 1.54) is 11.1 Å². The van der Waals surface area contributed by atoms with Crippen molar-refractivity contribution >= 4 is 22.5 Å². The number of nitrogens with one attached hydrogen (secondary N) is 1. The van der Waals surface area contributed by atoms with Gasteiger partial charge in [0.15, 0.2) is 0 Å². The molecule has 0 aromatic carbocycles. The minimum Gasteiger partial charge on any atom is -0.346 e. The van der Waals surface area contributed by atoms with Gasteiger partial charge in [-0.15, -0.1) is 0 Å². The number of pyridine rings is 1. The largest absolute Gasteiger partial charge is 0.346 e. The number of nitrogens with zero attached hydrogens (tertiary/aromatic N) is 2. The Bertz CT molecular complexity index is 787. The highest BCUT2D eigenvalue weighted by molar-refractivity contribution is 5.91. The predicted octanol–water partition coefficient (Wildman–Crippen LogP) is 3.53. The number of hydrogen-bond acceptors (Lipinski definition) is 2. The minimum atomic E-state index is 0.187. The summed E-state index contributed by atoms with van der Waals surface area (Å²) in [6.45, 7) is 1.54. The number of allylic oxidation sites excluding steroid dienone is 2. The maximum atomic E-state index is 12.6. The number of carbonyl (C=O) groups is 1. The number of rotatable bonds is 2. The Labute approximate surface area is 135 Å². The molecular formula is C19H21N3O. The summed E-state index contributed by atoms with van der Waals surface area (Å²) < 4.78 is 0. The lowest BCUT2D eigenvalue weighted by molar-refractivity contribution is -0.135. The van der Waals surface area contributed by atoms with Crippen LogP contribution < -0.4 is 0 Å².